The van der Waals surface area contributed by atoms with Crippen LogP contribution in [0.5, 0.6) is 5.75 Å². The standard InChI is InChI=1S/C15H17N3O2S/c1-2-11-7-17-15(21-11)8-16-6-10-3-4-13-12(5-10)18-14(19)9-20-13/h3-5,7,16H,2,6,8-9H2,1H3,(H,18,19). The maximum absolute atomic E-state index is 11.3. The van der Waals surface area contributed by atoms with Crippen LogP contribution in [0.15, 0.2) is 24.4 Å². The third kappa shape index (κ3) is 3.40. The molecule has 0 fully saturated rings. The van der Waals surface area contributed by atoms with Crippen LogP contribution >= 0.6 is 11.3 Å². The summed E-state index contributed by atoms with van der Waals surface area (Å²) in [5.41, 5.74) is 1.85. The molecule has 0 spiro atoms. The Kier molecular flexibility index (Phi) is 4.17. The third-order valence-electron chi connectivity index (χ3n) is 3.23. The molecule has 1 aliphatic heterocycles. The van der Waals surface area contributed by atoms with Gasteiger partial charge in [-0.3, -0.25) is 4.79 Å². The van der Waals surface area contributed by atoms with E-state index >= 15 is 0 Å². The fourth-order valence-electron chi connectivity index (χ4n) is 2.15. The van der Waals surface area contributed by atoms with E-state index in [0.717, 1.165) is 41.5 Å². The van der Waals surface area contributed by atoms with E-state index in [9.17, 15) is 4.79 Å². The second kappa shape index (κ2) is 6.24. The van der Waals surface area contributed by atoms with E-state index in [0.29, 0.717) is 0 Å². The lowest BCUT2D eigenvalue weighted by atomic mass is 10.1. The molecule has 0 atom stereocenters. The molecule has 6 heteroatoms. The van der Waals surface area contributed by atoms with Crippen molar-refractivity contribution in [3.05, 3.63) is 39.8 Å². The Labute approximate surface area is 127 Å². The van der Waals surface area contributed by atoms with Crippen molar-refractivity contribution < 1.29 is 9.53 Å². The number of hydrogen-bond donors (Lipinski definition) is 2. The lowest BCUT2D eigenvalue weighted by Gasteiger charge is -2.18. The minimum Gasteiger partial charge on any atom is -0.482 e. The van der Waals surface area contributed by atoms with Crippen LogP contribution in [-0.4, -0.2) is 17.5 Å². The number of thiazole rings is 1. The predicted octanol–water partition coefficient (Wildman–Crippen LogP) is 2.33. The molecule has 1 aliphatic rings. The van der Waals surface area contributed by atoms with E-state index in [2.05, 4.69) is 22.5 Å². The minimum atomic E-state index is -0.109. The van der Waals surface area contributed by atoms with E-state index in [4.69, 9.17) is 4.74 Å². The Morgan fingerprint density at radius 2 is 2.33 bits per heavy atom. The monoisotopic (exact) mass is 303 g/mol. The van der Waals surface area contributed by atoms with Crippen LogP contribution in [0.25, 0.3) is 0 Å². The lowest BCUT2D eigenvalue weighted by Crippen LogP contribution is -2.25. The average molecular weight is 303 g/mol. The van der Waals surface area contributed by atoms with Crippen LogP contribution in [0.2, 0.25) is 0 Å². The zero-order valence-electron chi connectivity index (χ0n) is 11.8. The highest BCUT2D eigenvalue weighted by atomic mass is 32.1. The van der Waals surface area contributed by atoms with Crippen molar-refractivity contribution >= 4 is 22.9 Å². The van der Waals surface area contributed by atoms with Crippen LogP contribution in [0.1, 0.15) is 22.4 Å². The van der Waals surface area contributed by atoms with Crippen LogP contribution < -0.4 is 15.4 Å². The Balaban J connectivity index is 1.58. The topological polar surface area (TPSA) is 63.2 Å². The van der Waals surface area contributed by atoms with Gasteiger partial charge in [-0.2, -0.15) is 0 Å². The average Bonchev–Trinajstić information content (AvgIpc) is 2.95. The van der Waals surface area contributed by atoms with Gasteiger partial charge in [0, 0.05) is 24.2 Å². The summed E-state index contributed by atoms with van der Waals surface area (Å²) in [6.45, 7) is 3.71. The number of nitrogens with one attached hydrogen (secondary N) is 2. The zero-order valence-corrected chi connectivity index (χ0v) is 12.6. The number of anilines is 1. The van der Waals surface area contributed by atoms with Gasteiger partial charge in [-0.05, 0) is 24.1 Å². The first-order valence-electron chi connectivity index (χ1n) is 6.94. The molecule has 21 heavy (non-hydrogen) atoms. The Morgan fingerprint density at radius 1 is 1.43 bits per heavy atom. The number of carbonyl (C=O) groups excluding carboxylic acids is 1. The van der Waals surface area contributed by atoms with E-state index in [1.807, 2.05) is 24.4 Å². The Bertz CT molecular complexity index is 654. The van der Waals surface area contributed by atoms with Crippen molar-refractivity contribution in [3.8, 4) is 5.75 Å². The SMILES string of the molecule is CCc1cnc(CNCc2ccc3c(c2)NC(=O)CO3)s1. The summed E-state index contributed by atoms with van der Waals surface area (Å²) in [5, 5.41) is 7.28. The molecular formula is C15H17N3O2S. The van der Waals surface area contributed by atoms with Crippen molar-refractivity contribution in [2.75, 3.05) is 11.9 Å². The second-order valence-corrected chi connectivity index (χ2v) is 6.04. The number of aromatic nitrogens is 1. The van der Waals surface area contributed by atoms with Crippen molar-refractivity contribution in [1.29, 1.82) is 0 Å². The van der Waals surface area contributed by atoms with Crippen LogP contribution in [-0.2, 0) is 24.3 Å². The molecule has 5 nitrogen and oxygen atoms in total. The smallest absolute Gasteiger partial charge is 0.262 e. The number of carbonyl (C=O) groups is 1. The van der Waals surface area contributed by atoms with E-state index in [1.54, 1.807) is 11.3 Å². The molecule has 0 aliphatic carbocycles. The summed E-state index contributed by atoms with van der Waals surface area (Å²) < 4.78 is 5.34. The lowest BCUT2D eigenvalue weighted by molar-refractivity contribution is -0.118. The first-order valence-corrected chi connectivity index (χ1v) is 7.76. The molecule has 2 N–H and O–H groups in total. The number of amides is 1. The highest BCUT2D eigenvalue weighted by Crippen LogP contribution is 2.28. The number of ether oxygens (including phenoxy) is 1. The number of aryl methyl sites for hydroxylation is 1. The maximum atomic E-state index is 11.3. The van der Waals surface area contributed by atoms with E-state index in [-0.39, 0.29) is 12.5 Å². The molecule has 0 unspecified atom stereocenters. The summed E-state index contributed by atoms with van der Waals surface area (Å²) in [6, 6.07) is 5.84. The normalized spacial score (nSPS) is 13.5. The molecule has 1 aromatic heterocycles. The molecule has 0 radical (unpaired) electrons. The van der Waals surface area contributed by atoms with Crippen LogP contribution in [0.3, 0.4) is 0 Å². The molecule has 1 amide bonds. The van der Waals surface area contributed by atoms with Gasteiger partial charge in [0.2, 0.25) is 0 Å². The summed E-state index contributed by atoms with van der Waals surface area (Å²) in [4.78, 5) is 17.0. The number of fused-ring (bicyclic) bond motifs is 1. The van der Waals surface area contributed by atoms with Gasteiger partial charge >= 0.3 is 0 Å². The van der Waals surface area contributed by atoms with Gasteiger partial charge in [0.05, 0.1) is 5.69 Å². The third-order valence-corrected chi connectivity index (χ3v) is 4.37. The fraction of sp³-hybridized carbons (Fsp3) is 0.333. The Hall–Kier alpha value is -1.92. The van der Waals surface area contributed by atoms with Crippen LogP contribution in [0, 0.1) is 0 Å². The molecule has 0 saturated carbocycles. The predicted molar refractivity (Wildman–Crippen MR) is 82.6 cm³/mol. The van der Waals surface area contributed by atoms with Gasteiger partial charge in [-0.1, -0.05) is 13.0 Å². The van der Waals surface area contributed by atoms with Crippen molar-refractivity contribution in [1.82, 2.24) is 10.3 Å². The molecule has 0 bridgehead atoms. The zero-order chi connectivity index (χ0) is 14.7. The molecule has 2 aromatic rings. The molecule has 2 heterocycles. The molecule has 110 valence electrons. The van der Waals surface area contributed by atoms with Gasteiger partial charge in [0.15, 0.2) is 6.61 Å². The van der Waals surface area contributed by atoms with E-state index < -0.39 is 0 Å². The van der Waals surface area contributed by atoms with Crippen molar-refractivity contribution in [2.24, 2.45) is 0 Å². The quantitative estimate of drug-likeness (QED) is 0.890. The number of nitrogens with zero attached hydrogens (tertiary/aromatic N) is 1. The summed E-state index contributed by atoms with van der Waals surface area (Å²) in [6.07, 6.45) is 2.97. The minimum absolute atomic E-state index is 0.0917. The number of rotatable bonds is 5. The highest BCUT2D eigenvalue weighted by Gasteiger charge is 2.15. The maximum Gasteiger partial charge on any atom is 0.262 e. The van der Waals surface area contributed by atoms with Gasteiger partial charge in [0.1, 0.15) is 10.8 Å². The molecule has 1 aromatic carbocycles. The van der Waals surface area contributed by atoms with Crippen molar-refractivity contribution in [3.63, 3.8) is 0 Å². The summed E-state index contributed by atoms with van der Waals surface area (Å²) in [7, 11) is 0. The molecular weight excluding hydrogens is 286 g/mol. The van der Waals surface area contributed by atoms with Gasteiger partial charge in [-0.15, -0.1) is 11.3 Å². The Morgan fingerprint density at radius 3 is 3.14 bits per heavy atom. The van der Waals surface area contributed by atoms with Gasteiger partial charge < -0.3 is 15.4 Å². The number of benzene rings is 1. The second-order valence-electron chi connectivity index (χ2n) is 4.84. The highest BCUT2D eigenvalue weighted by molar-refractivity contribution is 7.11. The summed E-state index contributed by atoms with van der Waals surface area (Å²) in [5.74, 6) is 0.619. The van der Waals surface area contributed by atoms with Gasteiger partial charge in [0.25, 0.3) is 5.91 Å². The number of hydrogen-bond acceptors (Lipinski definition) is 5. The van der Waals surface area contributed by atoms with E-state index in [1.165, 1.54) is 4.88 Å². The largest absolute Gasteiger partial charge is 0.482 e. The van der Waals surface area contributed by atoms with Crippen LogP contribution in [0.4, 0.5) is 5.69 Å². The van der Waals surface area contributed by atoms with Crippen molar-refractivity contribution in [2.45, 2.75) is 26.4 Å². The fourth-order valence-corrected chi connectivity index (χ4v) is 2.98. The summed E-state index contributed by atoms with van der Waals surface area (Å²) >= 11 is 1.74. The molecule has 3 rings (SSSR count). The van der Waals surface area contributed by atoms with Gasteiger partial charge in [-0.25, -0.2) is 4.98 Å². The molecule has 0 saturated heterocycles. The first-order chi connectivity index (χ1) is 10.2. The first kappa shape index (κ1) is 14.0.